The van der Waals surface area contributed by atoms with Gasteiger partial charge in [0.2, 0.25) is 6.79 Å². The number of piperazine rings is 1. The second kappa shape index (κ2) is 9.41. The Morgan fingerprint density at radius 2 is 1.74 bits per heavy atom. The molecule has 0 bridgehead atoms. The number of fused-ring (bicyclic) bond motifs is 1. The molecule has 3 aromatic rings. The summed E-state index contributed by atoms with van der Waals surface area (Å²) < 4.78 is 16.3. The average molecular weight is 421 g/mol. The van der Waals surface area contributed by atoms with Gasteiger partial charge in [-0.15, -0.1) is 0 Å². The van der Waals surface area contributed by atoms with Crippen LogP contribution in [-0.4, -0.2) is 56.1 Å². The normalized spacial score (nSPS) is 16.1. The van der Waals surface area contributed by atoms with Crippen LogP contribution < -0.4 is 19.7 Å². The van der Waals surface area contributed by atoms with Crippen LogP contribution in [0.1, 0.15) is 12.2 Å². The predicted octanol–water partition coefficient (Wildman–Crippen LogP) is 3.37. The predicted molar refractivity (Wildman–Crippen MR) is 119 cm³/mol. The van der Waals surface area contributed by atoms with E-state index in [4.69, 9.17) is 14.0 Å². The van der Waals surface area contributed by atoms with Gasteiger partial charge in [0.15, 0.2) is 17.3 Å². The maximum absolute atomic E-state index is 5.49. The Bertz CT molecular complexity index is 983. The van der Waals surface area contributed by atoms with Gasteiger partial charge in [0, 0.05) is 43.5 Å². The molecule has 7 nitrogen and oxygen atoms in total. The number of anilines is 1. The van der Waals surface area contributed by atoms with Crippen molar-refractivity contribution in [2.24, 2.45) is 0 Å². The molecule has 0 aliphatic carbocycles. The average Bonchev–Trinajstić information content (AvgIpc) is 3.49. The first-order chi connectivity index (χ1) is 15.3. The molecule has 0 spiro atoms. The lowest BCUT2D eigenvalue weighted by Gasteiger charge is -2.36. The lowest BCUT2D eigenvalue weighted by molar-refractivity contribution is 0.174. The molecule has 1 N–H and O–H groups in total. The van der Waals surface area contributed by atoms with Crippen molar-refractivity contribution in [1.82, 2.24) is 15.4 Å². The Balaban J connectivity index is 1.01. The summed E-state index contributed by atoms with van der Waals surface area (Å²) in [5, 5.41) is 7.66. The van der Waals surface area contributed by atoms with Gasteiger partial charge in [-0.3, -0.25) is 4.90 Å². The van der Waals surface area contributed by atoms with Gasteiger partial charge in [-0.2, -0.15) is 0 Å². The van der Waals surface area contributed by atoms with Crippen molar-refractivity contribution in [1.29, 1.82) is 0 Å². The summed E-state index contributed by atoms with van der Waals surface area (Å²) in [6, 6.07) is 18.5. The van der Waals surface area contributed by atoms with Crippen molar-refractivity contribution in [3.8, 4) is 22.8 Å². The summed E-state index contributed by atoms with van der Waals surface area (Å²) in [5.74, 6) is 2.37. The number of para-hydroxylation sites is 1. The molecule has 2 aromatic carbocycles. The van der Waals surface area contributed by atoms with E-state index in [9.17, 15) is 0 Å². The second-order valence-corrected chi connectivity index (χ2v) is 7.94. The fourth-order valence-electron chi connectivity index (χ4n) is 4.10. The molecule has 3 heterocycles. The Kier molecular flexibility index (Phi) is 6.04. The molecule has 31 heavy (non-hydrogen) atoms. The van der Waals surface area contributed by atoms with Crippen molar-refractivity contribution >= 4 is 5.69 Å². The first kappa shape index (κ1) is 19.9. The molecule has 7 heteroatoms. The minimum atomic E-state index is 0.273. The van der Waals surface area contributed by atoms with Gasteiger partial charge in [-0.25, -0.2) is 0 Å². The molecule has 1 aromatic heterocycles. The van der Waals surface area contributed by atoms with Gasteiger partial charge in [-0.05, 0) is 49.8 Å². The lowest BCUT2D eigenvalue weighted by atomic mass is 10.1. The SMILES string of the molecule is c1ccc(N2CCN(CCCNCc3cc(-c4ccc5c(c4)OCO5)no3)CC2)cc1. The number of hydrogen-bond acceptors (Lipinski definition) is 7. The first-order valence-corrected chi connectivity index (χ1v) is 10.9. The smallest absolute Gasteiger partial charge is 0.231 e. The van der Waals surface area contributed by atoms with E-state index in [0.717, 1.165) is 74.2 Å². The minimum absolute atomic E-state index is 0.273. The van der Waals surface area contributed by atoms with Crippen LogP contribution in [0.3, 0.4) is 0 Å². The first-order valence-electron chi connectivity index (χ1n) is 10.9. The molecule has 1 saturated heterocycles. The van der Waals surface area contributed by atoms with Crippen LogP contribution in [0.25, 0.3) is 11.3 Å². The minimum Gasteiger partial charge on any atom is -0.454 e. The standard InChI is InChI=1S/C24H28N4O3/c1-2-5-20(6-3-1)28-13-11-27(12-14-28)10-4-9-25-17-21-16-22(26-31-21)19-7-8-23-24(15-19)30-18-29-23/h1-3,5-8,15-16,25H,4,9-14,17-18H2. The number of benzene rings is 2. The fourth-order valence-corrected chi connectivity index (χ4v) is 4.10. The molecule has 2 aliphatic heterocycles. The third-order valence-electron chi connectivity index (χ3n) is 5.85. The molecular weight excluding hydrogens is 392 g/mol. The molecule has 0 atom stereocenters. The molecule has 1 fully saturated rings. The highest BCUT2D eigenvalue weighted by molar-refractivity contribution is 5.64. The van der Waals surface area contributed by atoms with Gasteiger partial charge in [0.05, 0.1) is 6.54 Å². The molecule has 0 amide bonds. The van der Waals surface area contributed by atoms with Crippen molar-refractivity contribution in [2.45, 2.75) is 13.0 Å². The third-order valence-corrected chi connectivity index (χ3v) is 5.85. The van der Waals surface area contributed by atoms with Crippen molar-refractivity contribution < 1.29 is 14.0 Å². The summed E-state index contributed by atoms with van der Waals surface area (Å²) in [6.07, 6.45) is 1.12. The molecule has 0 saturated carbocycles. The maximum atomic E-state index is 5.49. The van der Waals surface area contributed by atoms with Crippen molar-refractivity contribution in [3.63, 3.8) is 0 Å². The third kappa shape index (κ3) is 4.84. The van der Waals surface area contributed by atoms with Crippen LogP contribution in [0.2, 0.25) is 0 Å². The van der Waals surface area contributed by atoms with E-state index in [2.05, 4.69) is 50.6 Å². The fraction of sp³-hybridized carbons (Fsp3) is 0.375. The zero-order valence-electron chi connectivity index (χ0n) is 17.6. The van der Waals surface area contributed by atoms with Gasteiger partial charge in [-0.1, -0.05) is 23.4 Å². The number of aromatic nitrogens is 1. The number of hydrogen-bond donors (Lipinski definition) is 1. The van der Waals surface area contributed by atoms with E-state index < -0.39 is 0 Å². The zero-order valence-corrected chi connectivity index (χ0v) is 17.6. The van der Waals surface area contributed by atoms with E-state index >= 15 is 0 Å². The van der Waals surface area contributed by atoms with Crippen LogP contribution >= 0.6 is 0 Å². The number of ether oxygens (including phenoxy) is 2. The molecule has 5 rings (SSSR count). The maximum Gasteiger partial charge on any atom is 0.231 e. The summed E-state index contributed by atoms with van der Waals surface area (Å²) >= 11 is 0. The summed E-state index contributed by atoms with van der Waals surface area (Å²) in [4.78, 5) is 5.02. The van der Waals surface area contributed by atoms with E-state index in [0.29, 0.717) is 6.54 Å². The highest BCUT2D eigenvalue weighted by atomic mass is 16.7. The topological polar surface area (TPSA) is 63.0 Å². The Labute approximate surface area is 182 Å². The Morgan fingerprint density at radius 3 is 2.61 bits per heavy atom. The second-order valence-electron chi connectivity index (χ2n) is 7.94. The van der Waals surface area contributed by atoms with Crippen molar-refractivity contribution in [2.75, 3.05) is 51.0 Å². The van der Waals surface area contributed by atoms with E-state index in [1.165, 1.54) is 5.69 Å². The summed E-state index contributed by atoms with van der Waals surface area (Å²) in [7, 11) is 0. The largest absolute Gasteiger partial charge is 0.454 e. The van der Waals surface area contributed by atoms with Crippen LogP contribution in [-0.2, 0) is 6.54 Å². The highest BCUT2D eigenvalue weighted by Gasteiger charge is 2.17. The quantitative estimate of drug-likeness (QED) is 0.561. The number of nitrogens with zero attached hydrogens (tertiary/aromatic N) is 3. The molecule has 162 valence electrons. The van der Waals surface area contributed by atoms with Crippen LogP contribution in [0, 0.1) is 0 Å². The number of rotatable bonds is 8. The molecule has 0 radical (unpaired) electrons. The van der Waals surface area contributed by atoms with Crippen LogP contribution in [0.5, 0.6) is 11.5 Å². The number of nitrogens with one attached hydrogen (secondary N) is 1. The molecule has 2 aliphatic rings. The lowest BCUT2D eigenvalue weighted by Crippen LogP contribution is -2.46. The van der Waals surface area contributed by atoms with Gasteiger partial charge >= 0.3 is 0 Å². The summed E-state index contributed by atoms with van der Waals surface area (Å²) in [6.45, 7) is 7.46. The van der Waals surface area contributed by atoms with Crippen LogP contribution in [0.4, 0.5) is 5.69 Å². The molecular formula is C24H28N4O3. The molecule has 0 unspecified atom stereocenters. The van der Waals surface area contributed by atoms with E-state index in [1.54, 1.807) is 0 Å². The van der Waals surface area contributed by atoms with Crippen molar-refractivity contribution in [3.05, 3.63) is 60.4 Å². The van der Waals surface area contributed by atoms with E-state index in [-0.39, 0.29) is 6.79 Å². The Morgan fingerprint density at radius 1 is 0.903 bits per heavy atom. The van der Waals surface area contributed by atoms with Gasteiger partial charge < -0.3 is 24.2 Å². The highest BCUT2D eigenvalue weighted by Crippen LogP contribution is 2.35. The zero-order chi connectivity index (χ0) is 20.9. The van der Waals surface area contributed by atoms with E-state index in [1.807, 2.05) is 24.3 Å². The van der Waals surface area contributed by atoms with Gasteiger partial charge in [0.1, 0.15) is 5.69 Å². The van der Waals surface area contributed by atoms with Crippen LogP contribution in [0.15, 0.2) is 59.1 Å². The Hall–Kier alpha value is -3.03. The monoisotopic (exact) mass is 420 g/mol. The van der Waals surface area contributed by atoms with Gasteiger partial charge in [0.25, 0.3) is 0 Å². The summed E-state index contributed by atoms with van der Waals surface area (Å²) in [5.41, 5.74) is 3.11.